The Balaban J connectivity index is 2.40. The lowest BCUT2D eigenvalue weighted by Gasteiger charge is -2.11. The van der Waals surface area contributed by atoms with E-state index in [1.807, 2.05) is 6.92 Å². The van der Waals surface area contributed by atoms with E-state index in [-0.39, 0.29) is 4.90 Å². The van der Waals surface area contributed by atoms with E-state index in [1.165, 1.54) is 0 Å². The zero-order chi connectivity index (χ0) is 14.9. The van der Waals surface area contributed by atoms with Gasteiger partial charge in [-0.1, -0.05) is 31.9 Å². The van der Waals surface area contributed by atoms with Gasteiger partial charge in [0.1, 0.15) is 4.90 Å². The molecular formula is C13H10Br3NO2S. The number of aryl methyl sites for hydroxylation is 1. The third kappa shape index (κ3) is 3.63. The maximum atomic E-state index is 12.4. The van der Waals surface area contributed by atoms with Crippen LogP contribution in [-0.2, 0) is 10.0 Å². The molecule has 2 aromatic rings. The van der Waals surface area contributed by atoms with Gasteiger partial charge in [-0.2, -0.15) is 0 Å². The fraction of sp³-hybridized carbons (Fsp3) is 0.0769. The predicted molar refractivity (Wildman–Crippen MR) is 91.5 cm³/mol. The van der Waals surface area contributed by atoms with Crippen LogP contribution in [0.1, 0.15) is 5.56 Å². The Bertz CT molecular complexity index is 743. The molecule has 0 amide bonds. The first kappa shape index (κ1) is 16.0. The summed E-state index contributed by atoms with van der Waals surface area (Å²) in [7, 11) is -3.64. The smallest absolute Gasteiger partial charge is 0.263 e. The first-order valence-electron chi connectivity index (χ1n) is 5.53. The topological polar surface area (TPSA) is 46.2 Å². The molecule has 0 aliphatic heterocycles. The summed E-state index contributed by atoms with van der Waals surface area (Å²) in [6, 6.07) is 10.3. The molecule has 0 unspecified atom stereocenters. The van der Waals surface area contributed by atoms with E-state index < -0.39 is 10.0 Å². The molecule has 0 aliphatic carbocycles. The lowest BCUT2D eigenvalue weighted by molar-refractivity contribution is 0.600. The van der Waals surface area contributed by atoms with E-state index in [0.29, 0.717) is 10.2 Å². The zero-order valence-corrected chi connectivity index (χ0v) is 15.9. The second-order valence-corrected chi connectivity index (χ2v) is 8.42. The molecule has 1 N–H and O–H groups in total. The van der Waals surface area contributed by atoms with Crippen LogP contribution in [0.5, 0.6) is 0 Å². The molecule has 0 atom stereocenters. The van der Waals surface area contributed by atoms with Gasteiger partial charge < -0.3 is 0 Å². The summed E-state index contributed by atoms with van der Waals surface area (Å²) in [5.74, 6) is 0. The molecule has 0 spiro atoms. The summed E-state index contributed by atoms with van der Waals surface area (Å²) in [4.78, 5) is 0.192. The fourth-order valence-electron chi connectivity index (χ4n) is 1.56. The SMILES string of the molecule is Cc1cc(Br)c(S(=O)(=O)Nc2ccc(Br)cc2)cc1Br. The van der Waals surface area contributed by atoms with Crippen LogP contribution in [0.15, 0.2) is 54.7 Å². The molecule has 0 radical (unpaired) electrons. The molecular weight excluding hydrogens is 474 g/mol. The molecule has 0 aromatic heterocycles. The minimum Gasteiger partial charge on any atom is -0.280 e. The average molecular weight is 484 g/mol. The summed E-state index contributed by atoms with van der Waals surface area (Å²) in [6.07, 6.45) is 0. The minimum absolute atomic E-state index is 0.192. The van der Waals surface area contributed by atoms with Crippen LogP contribution in [0.2, 0.25) is 0 Å². The Morgan fingerprint density at radius 1 is 0.950 bits per heavy atom. The van der Waals surface area contributed by atoms with Gasteiger partial charge in [0.2, 0.25) is 0 Å². The number of anilines is 1. The van der Waals surface area contributed by atoms with Gasteiger partial charge in [0.15, 0.2) is 0 Å². The standard InChI is InChI=1S/C13H10Br3NO2S/c1-8-6-12(16)13(7-11(8)15)20(18,19)17-10-4-2-9(14)3-5-10/h2-7,17H,1H3. The van der Waals surface area contributed by atoms with Gasteiger partial charge in [0.05, 0.1) is 0 Å². The van der Waals surface area contributed by atoms with E-state index in [1.54, 1.807) is 36.4 Å². The number of nitrogens with one attached hydrogen (secondary N) is 1. The molecule has 0 saturated carbocycles. The van der Waals surface area contributed by atoms with E-state index in [0.717, 1.165) is 14.5 Å². The molecule has 0 heterocycles. The Morgan fingerprint density at radius 3 is 2.15 bits per heavy atom. The lowest BCUT2D eigenvalue weighted by atomic mass is 10.2. The molecule has 0 bridgehead atoms. The summed E-state index contributed by atoms with van der Waals surface area (Å²) in [6.45, 7) is 1.90. The molecule has 7 heteroatoms. The number of sulfonamides is 1. The Labute approximate surface area is 143 Å². The second kappa shape index (κ2) is 6.17. The van der Waals surface area contributed by atoms with Crippen LogP contribution in [0.4, 0.5) is 5.69 Å². The van der Waals surface area contributed by atoms with E-state index >= 15 is 0 Å². The van der Waals surface area contributed by atoms with Gasteiger partial charge in [0, 0.05) is 19.1 Å². The molecule has 0 aliphatic rings. The molecule has 3 nitrogen and oxygen atoms in total. The van der Waals surface area contributed by atoms with Crippen molar-refractivity contribution in [3.8, 4) is 0 Å². The molecule has 2 rings (SSSR count). The maximum absolute atomic E-state index is 12.4. The van der Waals surface area contributed by atoms with Crippen molar-refractivity contribution in [2.24, 2.45) is 0 Å². The Hall–Kier alpha value is -0.370. The van der Waals surface area contributed by atoms with Gasteiger partial charge in [-0.15, -0.1) is 0 Å². The van der Waals surface area contributed by atoms with Crippen molar-refractivity contribution in [3.63, 3.8) is 0 Å². The highest BCUT2D eigenvalue weighted by Crippen LogP contribution is 2.30. The summed E-state index contributed by atoms with van der Waals surface area (Å²) >= 11 is 9.95. The zero-order valence-electron chi connectivity index (χ0n) is 10.3. The third-order valence-electron chi connectivity index (χ3n) is 2.60. The average Bonchev–Trinajstić information content (AvgIpc) is 2.36. The molecule has 2 aromatic carbocycles. The van der Waals surface area contributed by atoms with E-state index in [4.69, 9.17) is 0 Å². The van der Waals surface area contributed by atoms with E-state index in [9.17, 15) is 8.42 Å². The monoisotopic (exact) mass is 481 g/mol. The van der Waals surface area contributed by atoms with Crippen molar-refractivity contribution in [2.75, 3.05) is 4.72 Å². The van der Waals surface area contributed by atoms with E-state index in [2.05, 4.69) is 52.5 Å². The molecule has 20 heavy (non-hydrogen) atoms. The van der Waals surface area contributed by atoms with Crippen molar-refractivity contribution >= 4 is 63.5 Å². The lowest BCUT2D eigenvalue weighted by Crippen LogP contribution is -2.13. The van der Waals surface area contributed by atoms with Crippen LogP contribution >= 0.6 is 47.8 Å². The molecule has 0 fully saturated rings. The van der Waals surface area contributed by atoms with Gasteiger partial charge >= 0.3 is 0 Å². The second-order valence-electron chi connectivity index (χ2n) is 4.14. The van der Waals surface area contributed by atoms with Gasteiger partial charge in [-0.05, 0) is 64.8 Å². The third-order valence-corrected chi connectivity index (χ3v) is 6.32. The summed E-state index contributed by atoms with van der Waals surface area (Å²) in [5, 5.41) is 0. The Morgan fingerprint density at radius 2 is 1.55 bits per heavy atom. The number of benzene rings is 2. The normalized spacial score (nSPS) is 11.4. The highest BCUT2D eigenvalue weighted by Gasteiger charge is 2.19. The number of halogens is 3. The van der Waals surface area contributed by atoms with Crippen molar-refractivity contribution in [1.29, 1.82) is 0 Å². The minimum atomic E-state index is -3.64. The van der Waals surface area contributed by atoms with Gasteiger partial charge in [-0.25, -0.2) is 8.42 Å². The van der Waals surface area contributed by atoms with Crippen molar-refractivity contribution in [2.45, 2.75) is 11.8 Å². The predicted octanol–water partition coefficient (Wildman–Crippen LogP) is 5.08. The first-order chi connectivity index (χ1) is 9.29. The van der Waals surface area contributed by atoms with Crippen LogP contribution in [0.25, 0.3) is 0 Å². The summed E-state index contributed by atoms with van der Waals surface area (Å²) < 4.78 is 29.5. The van der Waals surface area contributed by atoms with Crippen LogP contribution in [0, 0.1) is 6.92 Å². The highest BCUT2D eigenvalue weighted by molar-refractivity contribution is 9.11. The Kier molecular flexibility index (Phi) is 4.94. The van der Waals surface area contributed by atoms with Gasteiger partial charge in [0.25, 0.3) is 10.0 Å². The largest absolute Gasteiger partial charge is 0.280 e. The number of hydrogen-bond donors (Lipinski definition) is 1. The summed E-state index contributed by atoms with van der Waals surface area (Å²) in [5.41, 5.74) is 1.47. The van der Waals surface area contributed by atoms with Crippen molar-refractivity contribution in [1.82, 2.24) is 0 Å². The fourth-order valence-corrected chi connectivity index (χ4v) is 4.56. The van der Waals surface area contributed by atoms with Crippen molar-refractivity contribution in [3.05, 3.63) is 55.4 Å². The number of rotatable bonds is 3. The van der Waals surface area contributed by atoms with Gasteiger partial charge in [-0.3, -0.25) is 4.72 Å². The van der Waals surface area contributed by atoms with Crippen LogP contribution < -0.4 is 4.72 Å². The number of hydrogen-bond acceptors (Lipinski definition) is 2. The quantitative estimate of drug-likeness (QED) is 0.661. The van der Waals surface area contributed by atoms with Crippen LogP contribution in [0.3, 0.4) is 0 Å². The molecule has 0 saturated heterocycles. The van der Waals surface area contributed by atoms with Crippen LogP contribution in [-0.4, -0.2) is 8.42 Å². The highest BCUT2D eigenvalue weighted by atomic mass is 79.9. The first-order valence-corrected chi connectivity index (χ1v) is 9.40. The maximum Gasteiger partial charge on any atom is 0.263 e. The molecule has 106 valence electrons. The van der Waals surface area contributed by atoms with Crippen molar-refractivity contribution < 1.29 is 8.42 Å².